The van der Waals surface area contributed by atoms with Crippen molar-refractivity contribution in [3.8, 4) is 0 Å². The van der Waals surface area contributed by atoms with Gasteiger partial charge < -0.3 is 120 Å². The molecule has 0 aromatic heterocycles. The molecule has 0 aliphatic heterocycles. The first kappa shape index (κ1) is 48.6. The predicted molar refractivity (Wildman–Crippen MR) is 0 cm³/mol. The molecule has 0 saturated heterocycles. The van der Waals surface area contributed by atoms with E-state index in [1.165, 1.54) is 0 Å². The van der Waals surface area contributed by atoms with E-state index in [0.717, 1.165) is 0 Å². The maximum Gasteiger partial charge on any atom is 1.00 e. The molecular formula is I5Li-4. The Morgan fingerprint density at radius 3 is 0.333 bits per heavy atom. The smallest absolute Gasteiger partial charge is 1.00 e. The van der Waals surface area contributed by atoms with Crippen LogP contribution < -0.4 is 139 Å². The van der Waals surface area contributed by atoms with Crippen molar-refractivity contribution in [1.82, 2.24) is 0 Å². The summed E-state index contributed by atoms with van der Waals surface area (Å²) >= 11 is 0. The molecule has 0 N–H and O–H groups in total. The molecule has 0 nitrogen and oxygen atoms in total. The maximum atomic E-state index is 0. The average molecular weight is 641 g/mol. The molecule has 0 saturated carbocycles. The molecule has 6 heavy (non-hydrogen) atoms. The van der Waals surface area contributed by atoms with Crippen LogP contribution in [0.5, 0.6) is 0 Å². The fourth-order valence-electron chi connectivity index (χ4n) is 0. The van der Waals surface area contributed by atoms with Crippen molar-refractivity contribution in [1.29, 1.82) is 0 Å². The molecule has 0 unspecified atom stereocenters. The number of halogens is 5. The number of hydrogen-bond acceptors (Lipinski definition) is 0. The molecule has 0 spiro atoms. The van der Waals surface area contributed by atoms with Crippen LogP contribution in [0.4, 0.5) is 0 Å². The SMILES string of the molecule is [I-].[I-].[I-].[I-].[I-].[Li+]. The molecule has 0 fully saturated rings. The van der Waals surface area contributed by atoms with Crippen LogP contribution in [0.3, 0.4) is 0 Å². The molecular weight excluding hydrogens is 641 g/mol. The first-order valence-electron chi connectivity index (χ1n) is 0. The first-order chi connectivity index (χ1) is 0. The third-order valence-corrected chi connectivity index (χ3v) is 0. The Balaban J connectivity index is 0. The third-order valence-electron chi connectivity index (χ3n) is 0. The second kappa shape index (κ2) is 34.9. The predicted octanol–water partition coefficient (Wildman–Crippen LogP) is -18.0. The summed E-state index contributed by atoms with van der Waals surface area (Å²) in [7, 11) is 0. The second-order valence-corrected chi connectivity index (χ2v) is 0. The summed E-state index contributed by atoms with van der Waals surface area (Å²) in [6.07, 6.45) is 0. The van der Waals surface area contributed by atoms with Gasteiger partial charge in [-0.05, 0) is 0 Å². The van der Waals surface area contributed by atoms with E-state index >= 15 is 0 Å². The van der Waals surface area contributed by atoms with E-state index in [9.17, 15) is 0 Å². The van der Waals surface area contributed by atoms with Crippen molar-refractivity contribution in [3.05, 3.63) is 0 Å². The molecule has 0 amide bonds. The van der Waals surface area contributed by atoms with Gasteiger partial charge in [0.1, 0.15) is 0 Å². The van der Waals surface area contributed by atoms with Crippen LogP contribution in [0.25, 0.3) is 0 Å². The summed E-state index contributed by atoms with van der Waals surface area (Å²) in [5.41, 5.74) is 0. The second-order valence-electron chi connectivity index (χ2n) is 0. The van der Waals surface area contributed by atoms with E-state index in [-0.39, 0.29) is 139 Å². The van der Waals surface area contributed by atoms with E-state index in [0.29, 0.717) is 0 Å². The molecule has 6 heteroatoms. The topological polar surface area (TPSA) is 0 Å². The standard InChI is InChI=1S/5HI.Li/h5*1H;/q;;;;;+1/p-5. The summed E-state index contributed by atoms with van der Waals surface area (Å²) in [5, 5.41) is 0. The zero-order valence-electron chi connectivity index (χ0n) is 2.89. The summed E-state index contributed by atoms with van der Waals surface area (Å²) in [5.74, 6) is 0. The van der Waals surface area contributed by atoms with Gasteiger partial charge in [0, 0.05) is 0 Å². The maximum absolute atomic E-state index is 0. The molecule has 0 rings (SSSR count). The van der Waals surface area contributed by atoms with Crippen LogP contribution >= 0.6 is 0 Å². The summed E-state index contributed by atoms with van der Waals surface area (Å²) in [6.45, 7) is 0. The van der Waals surface area contributed by atoms with Gasteiger partial charge in [-0.15, -0.1) is 0 Å². The molecule has 0 heterocycles. The first-order valence-corrected chi connectivity index (χ1v) is 0. The van der Waals surface area contributed by atoms with Crippen LogP contribution in [0, 0.1) is 0 Å². The van der Waals surface area contributed by atoms with Gasteiger partial charge in [0.2, 0.25) is 0 Å². The fraction of sp³-hybridized carbons (Fsp3) is 0. The molecule has 40 valence electrons. The summed E-state index contributed by atoms with van der Waals surface area (Å²) in [4.78, 5) is 0. The van der Waals surface area contributed by atoms with Crippen LogP contribution in [0.2, 0.25) is 0 Å². The van der Waals surface area contributed by atoms with Gasteiger partial charge in [0.05, 0.1) is 0 Å². The van der Waals surface area contributed by atoms with Gasteiger partial charge in [-0.25, -0.2) is 0 Å². The molecule has 0 aromatic rings. The minimum Gasteiger partial charge on any atom is -1.00 e. The number of rotatable bonds is 0. The van der Waals surface area contributed by atoms with Crippen LogP contribution in [0.1, 0.15) is 0 Å². The minimum absolute atomic E-state index is 0. The molecule has 0 aliphatic carbocycles. The zero-order chi connectivity index (χ0) is 0. The fourth-order valence-corrected chi connectivity index (χ4v) is 0. The Morgan fingerprint density at radius 2 is 0.333 bits per heavy atom. The van der Waals surface area contributed by atoms with Gasteiger partial charge in [-0.2, -0.15) is 0 Å². The van der Waals surface area contributed by atoms with Gasteiger partial charge >= 0.3 is 18.9 Å². The van der Waals surface area contributed by atoms with Crippen molar-refractivity contribution in [2.75, 3.05) is 0 Å². The quantitative estimate of drug-likeness (QED) is 0.182. The van der Waals surface area contributed by atoms with E-state index in [4.69, 9.17) is 0 Å². The van der Waals surface area contributed by atoms with E-state index in [1.54, 1.807) is 0 Å². The van der Waals surface area contributed by atoms with E-state index in [2.05, 4.69) is 0 Å². The molecule has 0 bridgehead atoms. The zero-order valence-corrected chi connectivity index (χ0v) is 13.7. The van der Waals surface area contributed by atoms with Crippen LogP contribution in [-0.4, -0.2) is 0 Å². The van der Waals surface area contributed by atoms with Gasteiger partial charge in [-0.3, -0.25) is 0 Å². The van der Waals surface area contributed by atoms with Crippen molar-refractivity contribution in [2.45, 2.75) is 0 Å². The monoisotopic (exact) mass is 642 g/mol. The Morgan fingerprint density at radius 1 is 0.333 bits per heavy atom. The van der Waals surface area contributed by atoms with Gasteiger partial charge in [0.15, 0.2) is 0 Å². The van der Waals surface area contributed by atoms with E-state index in [1.807, 2.05) is 0 Å². The Labute approximate surface area is 135 Å². The number of hydrogen-bond donors (Lipinski definition) is 0. The average Bonchev–Trinajstić information content (AvgIpc) is 0. The van der Waals surface area contributed by atoms with Gasteiger partial charge in [-0.1, -0.05) is 0 Å². The van der Waals surface area contributed by atoms with Crippen molar-refractivity contribution >= 4 is 0 Å². The molecule has 0 atom stereocenters. The van der Waals surface area contributed by atoms with Crippen molar-refractivity contribution in [3.63, 3.8) is 0 Å². The third kappa shape index (κ3) is 24.0. The Kier molecular flexibility index (Phi) is 282. The minimum atomic E-state index is 0. The molecule has 0 aromatic carbocycles. The normalized spacial score (nSPS) is 0. The van der Waals surface area contributed by atoms with Crippen molar-refractivity contribution in [2.24, 2.45) is 0 Å². The van der Waals surface area contributed by atoms with Crippen molar-refractivity contribution < 1.29 is 139 Å². The Bertz CT molecular complexity index is 3.90. The molecule has 0 radical (unpaired) electrons. The van der Waals surface area contributed by atoms with Crippen LogP contribution in [0.15, 0.2) is 0 Å². The Hall–Kier alpha value is 4.25. The van der Waals surface area contributed by atoms with E-state index < -0.39 is 0 Å². The largest absolute Gasteiger partial charge is 1.00 e. The van der Waals surface area contributed by atoms with Crippen LogP contribution in [-0.2, 0) is 0 Å². The molecule has 0 aliphatic rings. The van der Waals surface area contributed by atoms with Gasteiger partial charge in [0.25, 0.3) is 0 Å². The summed E-state index contributed by atoms with van der Waals surface area (Å²) < 4.78 is 0. The summed E-state index contributed by atoms with van der Waals surface area (Å²) in [6, 6.07) is 0.